The SMILES string of the molecule is CCN(CCOC)S(=O)(=O)N(C)CCCO. The van der Waals surface area contributed by atoms with Crippen molar-refractivity contribution in [2.45, 2.75) is 13.3 Å². The van der Waals surface area contributed by atoms with Gasteiger partial charge in [0.15, 0.2) is 0 Å². The second-order valence-corrected chi connectivity index (χ2v) is 5.43. The van der Waals surface area contributed by atoms with E-state index in [1.54, 1.807) is 6.92 Å². The van der Waals surface area contributed by atoms with Gasteiger partial charge < -0.3 is 9.84 Å². The van der Waals surface area contributed by atoms with Gasteiger partial charge in [0.2, 0.25) is 0 Å². The number of nitrogens with zero attached hydrogens (tertiary/aromatic N) is 2. The molecule has 16 heavy (non-hydrogen) atoms. The summed E-state index contributed by atoms with van der Waals surface area (Å²) in [7, 11) is -0.368. The summed E-state index contributed by atoms with van der Waals surface area (Å²) < 4.78 is 31.4. The molecule has 0 aliphatic rings. The molecule has 0 aromatic heterocycles. The van der Waals surface area contributed by atoms with Crippen molar-refractivity contribution in [2.24, 2.45) is 0 Å². The lowest BCUT2D eigenvalue weighted by Gasteiger charge is -2.26. The van der Waals surface area contributed by atoms with Crippen molar-refractivity contribution < 1.29 is 18.3 Å². The molecule has 1 N–H and O–H groups in total. The van der Waals surface area contributed by atoms with Gasteiger partial charge in [-0.15, -0.1) is 0 Å². The predicted octanol–water partition coefficient (Wildman–Crippen LogP) is -0.486. The van der Waals surface area contributed by atoms with Crippen molar-refractivity contribution in [3.8, 4) is 0 Å². The number of rotatable bonds is 9. The third kappa shape index (κ3) is 4.75. The van der Waals surface area contributed by atoms with E-state index >= 15 is 0 Å². The molecule has 0 amide bonds. The Hall–Kier alpha value is -0.210. The fraction of sp³-hybridized carbons (Fsp3) is 1.00. The van der Waals surface area contributed by atoms with E-state index in [0.29, 0.717) is 32.7 Å². The van der Waals surface area contributed by atoms with E-state index in [2.05, 4.69) is 0 Å². The maximum atomic E-state index is 12.0. The van der Waals surface area contributed by atoms with Gasteiger partial charge in [0.05, 0.1) is 6.61 Å². The van der Waals surface area contributed by atoms with Crippen molar-refractivity contribution in [1.82, 2.24) is 8.61 Å². The van der Waals surface area contributed by atoms with Crippen LogP contribution in [-0.2, 0) is 14.9 Å². The molecular weight excluding hydrogens is 232 g/mol. The van der Waals surface area contributed by atoms with Crippen molar-refractivity contribution in [3.63, 3.8) is 0 Å². The lowest BCUT2D eigenvalue weighted by Crippen LogP contribution is -2.43. The maximum Gasteiger partial charge on any atom is 0.281 e. The summed E-state index contributed by atoms with van der Waals surface area (Å²) in [5.74, 6) is 0. The molecule has 0 aliphatic heterocycles. The summed E-state index contributed by atoms with van der Waals surface area (Å²) in [4.78, 5) is 0. The fourth-order valence-corrected chi connectivity index (χ4v) is 2.62. The number of likely N-dealkylation sites (N-methyl/N-ethyl adjacent to an activating group) is 1. The smallest absolute Gasteiger partial charge is 0.281 e. The first kappa shape index (κ1) is 15.8. The van der Waals surface area contributed by atoms with Crippen molar-refractivity contribution >= 4 is 10.2 Å². The molecule has 7 heteroatoms. The van der Waals surface area contributed by atoms with Crippen LogP contribution in [0.2, 0.25) is 0 Å². The number of hydrogen-bond donors (Lipinski definition) is 1. The monoisotopic (exact) mass is 254 g/mol. The van der Waals surface area contributed by atoms with Crippen LogP contribution in [0.15, 0.2) is 0 Å². The average molecular weight is 254 g/mol. The Bertz CT molecular complexity index is 269. The summed E-state index contributed by atoms with van der Waals surface area (Å²) in [5.41, 5.74) is 0. The molecule has 0 spiro atoms. The first-order valence-corrected chi connectivity index (χ1v) is 6.71. The van der Waals surface area contributed by atoms with Gasteiger partial charge >= 0.3 is 0 Å². The Morgan fingerprint density at radius 2 is 1.94 bits per heavy atom. The molecule has 0 aromatic rings. The largest absolute Gasteiger partial charge is 0.396 e. The zero-order chi connectivity index (χ0) is 12.6. The molecule has 0 rings (SSSR count). The number of aliphatic hydroxyl groups is 1. The van der Waals surface area contributed by atoms with Gasteiger partial charge in [-0.2, -0.15) is 17.0 Å². The zero-order valence-electron chi connectivity index (χ0n) is 10.2. The second kappa shape index (κ2) is 7.97. The van der Waals surface area contributed by atoms with Crippen LogP contribution in [0.1, 0.15) is 13.3 Å². The predicted molar refractivity (Wildman–Crippen MR) is 62.4 cm³/mol. The fourth-order valence-electron chi connectivity index (χ4n) is 1.24. The molecule has 0 atom stereocenters. The Labute approximate surface area is 98.0 Å². The Morgan fingerprint density at radius 3 is 2.38 bits per heavy atom. The molecule has 0 saturated heterocycles. The van der Waals surface area contributed by atoms with Crippen LogP contribution in [0.3, 0.4) is 0 Å². The minimum absolute atomic E-state index is 0.00986. The molecule has 0 bridgehead atoms. The van der Waals surface area contributed by atoms with Gasteiger partial charge in [0.25, 0.3) is 10.2 Å². The van der Waals surface area contributed by atoms with Gasteiger partial charge in [-0.3, -0.25) is 0 Å². The van der Waals surface area contributed by atoms with Crippen molar-refractivity contribution in [2.75, 3.05) is 47.0 Å². The van der Waals surface area contributed by atoms with E-state index in [0.717, 1.165) is 0 Å². The molecule has 6 nitrogen and oxygen atoms in total. The highest BCUT2D eigenvalue weighted by Gasteiger charge is 2.24. The van der Waals surface area contributed by atoms with Crippen LogP contribution in [0.4, 0.5) is 0 Å². The van der Waals surface area contributed by atoms with E-state index in [-0.39, 0.29) is 6.61 Å². The van der Waals surface area contributed by atoms with Crippen LogP contribution in [0.5, 0.6) is 0 Å². The molecule has 0 radical (unpaired) electrons. The van der Waals surface area contributed by atoms with E-state index in [1.165, 1.54) is 22.8 Å². The number of hydrogen-bond acceptors (Lipinski definition) is 4. The van der Waals surface area contributed by atoms with E-state index in [1.807, 2.05) is 0 Å². The molecule has 98 valence electrons. The molecule has 0 aromatic carbocycles. The molecular formula is C9H22N2O4S. The Balaban J connectivity index is 4.46. The number of ether oxygens (including phenoxy) is 1. The summed E-state index contributed by atoms with van der Waals surface area (Å²) in [6.07, 6.45) is 0.442. The van der Waals surface area contributed by atoms with Crippen LogP contribution in [0.25, 0.3) is 0 Å². The minimum atomic E-state index is -3.42. The van der Waals surface area contributed by atoms with Gasteiger partial charge in [0.1, 0.15) is 0 Å². The highest BCUT2D eigenvalue weighted by atomic mass is 32.2. The number of methoxy groups -OCH3 is 1. The normalized spacial score (nSPS) is 12.6. The second-order valence-electron chi connectivity index (χ2n) is 3.39. The standard InChI is InChI=1S/C9H22N2O4S/c1-4-11(7-9-15-3)16(13,14)10(2)6-5-8-12/h12H,4-9H2,1-3H3. The summed E-state index contributed by atoms with van der Waals surface area (Å²) in [6, 6.07) is 0. The lowest BCUT2D eigenvalue weighted by atomic mass is 10.5. The van der Waals surface area contributed by atoms with E-state index in [9.17, 15) is 8.42 Å². The molecule has 0 saturated carbocycles. The van der Waals surface area contributed by atoms with Gasteiger partial charge in [-0.25, -0.2) is 0 Å². The Kier molecular flexibility index (Phi) is 7.86. The van der Waals surface area contributed by atoms with Crippen LogP contribution >= 0.6 is 0 Å². The average Bonchev–Trinajstić information content (AvgIpc) is 2.26. The number of aliphatic hydroxyl groups excluding tert-OH is 1. The maximum absolute atomic E-state index is 12.0. The van der Waals surface area contributed by atoms with Crippen molar-refractivity contribution in [1.29, 1.82) is 0 Å². The third-order valence-electron chi connectivity index (χ3n) is 2.25. The quantitative estimate of drug-likeness (QED) is 0.603. The summed E-state index contributed by atoms with van der Waals surface area (Å²) in [5, 5.41) is 8.66. The first-order chi connectivity index (χ1) is 7.50. The summed E-state index contributed by atoms with van der Waals surface area (Å²) in [6.45, 7) is 3.23. The van der Waals surface area contributed by atoms with Crippen LogP contribution in [-0.4, -0.2) is 69.1 Å². The lowest BCUT2D eigenvalue weighted by molar-refractivity contribution is 0.177. The minimum Gasteiger partial charge on any atom is -0.396 e. The third-order valence-corrected chi connectivity index (χ3v) is 4.31. The highest BCUT2D eigenvalue weighted by Crippen LogP contribution is 2.06. The van der Waals surface area contributed by atoms with Gasteiger partial charge in [0, 0.05) is 40.4 Å². The van der Waals surface area contributed by atoms with E-state index in [4.69, 9.17) is 9.84 Å². The van der Waals surface area contributed by atoms with Crippen LogP contribution in [0, 0.1) is 0 Å². The molecule has 0 heterocycles. The highest BCUT2D eigenvalue weighted by molar-refractivity contribution is 7.86. The topological polar surface area (TPSA) is 70.1 Å². The van der Waals surface area contributed by atoms with Gasteiger partial charge in [-0.05, 0) is 6.42 Å². The molecule has 0 fully saturated rings. The summed E-state index contributed by atoms with van der Waals surface area (Å²) >= 11 is 0. The molecule has 0 aliphatic carbocycles. The van der Waals surface area contributed by atoms with Gasteiger partial charge in [-0.1, -0.05) is 6.92 Å². The van der Waals surface area contributed by atoms with E-state index < -0.39 is 10.2 Å². The van der Waals surface area contributed by atoms with Crippen LogP contribution < -0.4 is 0 Å². The molecule has 0 unspecified atom stereocenters. The Morgan fingerprint density at radius 1 is 1.31 bits per heavy atom. The zero-order valence-corrected chi connectivity index (χ0v) is 11.0. The van der Waals surface area contributed by atoms with Crippen molar-refractivity contribution in [3.05, 3.63) is 0 Å². The first-order valence-electron chi connectivity index (χ1n) is 5.31.